The van der Waals surface area contributed by atoms with Gasteiger partial charge in [0.15, 0.2) is 0 Å². The molecule has 1 N–H and O–H groups in total. The number of methoxy groups -OCH3 is 1. The topological polar surface area (TPSA) is 24.5 Å². The molecule has 5 heteroatoms. The molecule has 3 nitrogen and oxygen atoms in total. The van der Waals surface area contributed by atoms with Crippen molar-refractivity contribution in [2.45, 2.75) is 22.2 Å². The van der Waals surface area contributed by atoms with E-state index in [-0.39, 0.29) is 16.7 Å². The predicted octanol–water partition coefficient (Wildman–Crippen LogP) is 5.79. The Morgan fingerprint density at radius 1 is 1.11 bits per heavy atom. The molecule has 2 unspecified atom stereocenters. The van der Waals surface area contributed by atoms with Crippen molar-refractivity contribution in [3.63, 3.8) is 0 Å². The predicted molar refractivity (Wildman–Crippen MR) is 113 cm³/mol. The van der Waals surface area contributed by atoms with Crippen molar-refractivity contribution in [1.29, 1.82) is 0 Å². The highest BCUT2D eigenvalue weighted by Crippen LogP contribution is 2.61. The molecule has 0 saturated heterocycles. The maximum absolute atomic E-state index is 13.5. The van der Waals surface area contributed by atoms with Gasteiger partial charge in [-0.1, -0.05) is 36.0 Å². The highest BCUT2D eigenvalue weighted by molar-refractivity contribution is 8.00. The third-order valence-corrected chi connectivity index (χ3v) is 7.34. The molecule has 2 aliphatic heterocycles. The average Bonchev–Trinajstić information content (AvgIpc) is 3.00. The van der Waals surface area contributed by atoms with Crippen molar-refractivity contribution in [2.75, 3.05) is 24.4 Å². The third-order valence-electron chi connectivity index (χ3n) is 5.78. The van der Waals surface area contributed by atoms with Gasteiger partial charge in [-0.3, -0.25) is 0 Å². The molecular weight excluding hydrogens is 371 g/mol. The Balaban J connectivity index is 1.66. The summed E-state index contributed by atoms with van der Waals surface area (Å²) in [5.41, 5.74) is 4.63. The van der Waals surface area contributed by atoms with Crippen LogP contribution in [-0.2, 0) is 4.87 Å². The quantitative estimate of drug-likeness (QED) is 0.597. The first kappa shape index (κ1) is 17.4. The van der Waals surface area contributed by atoms with Crippen LogP contribution in [0.25, 0.3) is 0 Å². The van der Waals surface area contributed by atoms with Crippen LogP contribution < -0.4 is 15.0 Å². The average molecular weight is 392 g/mol. The van der Waals surface area contributed by atoms with Crippen LogP contribution in [0, 0.1) is 5.82 Å². The van der Waals surface area contributed by atoms with Gasteiger partial charge in [0.2, 0.25) is 0 Å². The van der Waals surface area contributed by atoms with E-state index in [4.69, 9.17) is 4.74 Å². The first-order valence-electron chi connectivity index (χ1n) is 9.33. The van der Waals surface area contributed by atoms with Crippen LogP contribution >= 0.6 is 11.8 Å². The molecular formula is C23H21FN2OS. The molecule has 2 aliphatic rings. The number of hydrogen-bond acceptors (Lipinski definition) is 4. The maximum atomic E-state index is 13.5. The van der Waals surface area contributed by atoms with Gasteiger partial charge < -0.3 is 15.0 Å². The number of nitrogens with zero attached hydrogens (tertiary/aromatic N) is 1. The molecule has 2 heterocycles. The fourth-order valence-electron chi connectivity index (χ4n) is 4.30. The fourth-order valence-corrected chi connectivity index (χ4v) is 5.88. The first-order valence-corrected chi connectivity index (χ1v) is 10.1. The standard InChI is InChI=1S/C23H21FN2OS/c1-26-21-5-3-4-6-22(21)28-23(26)14-20(15-7-9-16(24)10-8-15)25-19-12-11-17(27-2)13-18(19)23/h3-13,20,25H,14H2,1-2H3. The number of rotatable bonds is 2. The Morgan fingerprint density at radius 3 is 2.64 bits per heavy atom. The number of nitrogens with one attached hydrogen (secondary N) is 1. The van der Waals surface area contributed by atoms with E-state index in [2.05, 4.69) is 53.7 Å². The van der Waals surface area contributed by atoms with E-state index in [1.807, 2.05) is 30.0 Å². The fraction of sp³-hybridized carbons (Fsp3) is 0.217. The molecule has 0 radical (unpaired) electrons. The zero-order valence-corrected chi connectivity index (χ0v) is 16.6. The van der Waals surface area contributed by atoms with Gasteiger partial charge in [-0.2, -0.15) is 0 Å². The van der Waals surface area contributed by atoms with Crippen LogP contribution in [0.2, 0.25) is 0 Å². The Bertz CT molecular complexity index is 1040. The van der Waals surface area contributed by atoms with E-state index in [0.717, 1.165) is 23.4 Å². The van der Waals surface area contributed by atoms with Crippen LogP contribution in [0.4, 0.5) is 15.8 Å². The van der Waals surface area contributed by atoms with E-state index in [1.165, 1.54) is 28.3 Å². The van der Waals surface area contributed by atoms with Crippen LogP contribution in [0.15, 0.2) is 71.6 Å². The van der Waals surface area contributed by atoms with Crippen molar-refractivity contribution < 1.29 is 9.13 Å². The van der Waals surface area contributed by atoms with Gasteiger partial charge in [0.05, 0.1) is 18.8 Å². The van der Waals surface area contributed by atoms with E-state index >= 15 is 0 Å². The van der Waals surface area contributed by atoms with Crippen molar-refractivity contribution in [3.8, 4) is 5.75 Å². The first-order chi connectivity index (χ1) is 13.6. The number of para-hydroxylation sites is 1. The summed E-state index contributed by atoms with van der Waals surface area (Å²) >= 11 is 1.89. The largest absolute Gasteiger partial charge is 0.497 e. The molecule has 0 amide bonds. The molecule has 0 aromatic heterocycles. The molecule has 0 fully saturated rings. The molecule has 142 valence electrons. The molecule has 3 aromatic rings. The molecule has 28 heavy (non-hydrogen) atoms. The summed E-state index contributed by atoms with van der Waals surface area (Å²) in [6.45, 7) is 0. The molecule has 0 aliphatic carbocycles. The van der Waals surface area contributed by atoms with Crippen LogP contribution in [0.3, 0.4) is 0 Å². The van der Waals surface area contributed by atoms with Gasteiger partial charge in [-0.05, 0) is 48.0 Å². The number of fused-ring (bicyclic) bond motifs is 3. The van der Waals surface area contributed by atoms with Crippen LogP contribution in [-0.4, -0.2) is 14.2 Å². The molecule has 3 aromatic carbocycles. The summed E-state index contributed by atoms with van der Waals surface area (Å²) in [6.07, 6.45) is 0.856. The SMILES string of the molecule is COc1ccc2c(c1)C1(CC(c3ccc(F)cc3)N2)Sc2ccccc2N1C. The summed E-state index contributed by atoms with van der Waals surface area (Å²) in [6, 6.07) is 21.6. The number of hydrogen-bond donors (Lipinski definition) is 1. The van der Waals surface area contributed by atoms with E-state index in [1.54, 1.807) is 7.11 Å². The number of thioether (sulfide) groups is 1. The summed E-state index contributed by atoms with van der Waals surface area (Å²) in [5.74, 6) is 0.643. The highest BCUT2D eigenvalue weighted by Gasteiger charge is 2.49. The zero-order valence-electron chi connectivity index (χ0n) is 15.8. The maximum Gasteiger partial charge on any atom is 0.123 e. The van der Waals surface area contributed by atoms with Crippen LogP contribution in [0.1, 0.15) is 23.6 Å². The summed E-state index contributed by atoms with van der Waals surface area (Å²) in [5, 5.41) is 3.66. The molecule has 0 bridgehead atoms. The summed E-state index contributed by atoms with van der Waals surface area (Å²) in [4.78, 5) is 3.40. The summed E-state index contributed by atoms with van der Waals surface area (Å²) in [7, 11) is 3.86. The highest BCUT2D eigenvalue weighted by atomic mass is 32.2. The van der Waals surface area contributed by atoms with Crippen molar-refractivity contribution in [2.24, 2.45) is 0 Å². The van der Waals surface area contributed by atoms with Gasteiger partial charge in [-0.25, -0.2) is 4.39 Å². The second kappa shape index (κ2) is 6.45. The van der Waals surface area contributed by atoms with Gasteiger partial charge in [0.1, 0.15) is 16.4 Å². The Kier molecular flexibility index (Phi) is 4.02. The number of ether oxygens (including phenoxy) is 1. The minimum absolute atomic E-state index is 0.0887. The Morgan fingerprint density at radius 2 is 1.89 bits per heavy atom. The van der Waals surface area contributed by atoms with E-state index in [9.17, 15) is 4.39 Å². The van der Waals surface area contributed by atoms with E-state index in [0.29, 0.717) is 0 Å². The minimum Gasteiger partial charge on any atom is -0.497 e. The summed E-state index contributed by atoms with van der Waals surface area (Å²) < 4.78 is 19.0. The minimum atomic E-state index is -0.252. The van der Waals surface area contributed by atoms with Crippen molar-refractivity contribution in [1.82, 2.24) is 0 Å². The number of anilines is 2. The second-order valence-corrected chi connectivity index (χ2v) is 8.60. The Labute approximate surface area is 168 Å². The van der Waals surface area contributed by atoms with Gasteiger partial charge >= 0.3 is 0 Å². The number of halogens is 1. The number of benzene rings is 3. The molecule has 5 rings (SSSR count). The van der Waals surface area contributed by atoms with Gasteiger partial charge in [0, 0.05) is 29.6 Å². The lowest BCUT2D eigenvalue weighted by atomic mass is 9.87. The molecule has 0 saturated carbocycles. The smallest absolute Gasteiger partial charge is 0.123 e. The normalized spacial score (nSPS) is 22.5. The van der Waals surface area contributed by atoms with Gasteiger partial charge in [0.25, 0.3) is 0 Å². The zero-order chi connectivity index (χ0) is 19.3. The third kappa shape index (κ3) is 2.57. The monoisotopic (exact) mass is 392 g/mol. The van der Waals surface area contributed by atoms with Crippen molar-refractivity contribution >= 4 is 23.1 Å². The van der Waals surface area contributed by atoms with Gasteiger partial charge in [-0.15, -0.1) is 0 Å². The lowest BCUT2D eigenvalue weighted by Crippen LogP contribution is -2.43. The van der Waals surface area contributed by atoms with E-state index < -0.39 is 0 Å². The lowest BCUT2D eigenvalue weighted by molar-refractivity contribution is 0.411. The van der Waals surface area contributed by atoms with Crippen molar-refractivity contribution in [3.05, 3.63) is 83.7 Å². The Hall–Kier alpha value is -2.66. The second-order valence-electron chi connectivity index (χ2n) is 7.28. The lowest BCUT2D eigenvalue weighted by Gasteiger charge is -2.45. The van der Waals surface area contributed by atoms with Crippen LogP contribution in [0.5, 0.6) is 5.75 Å². The molecule has 1 spiro atoms. The molecule has 2 atom stereocenters.